The normalized spacial score (nSPS) is 11.7. The van der Waals surface area contributed by atoms with Gasteiger partial charge in [-0.05, 0) is 77.9 Å². The third-order valence-electron chi connectivity index (χ3n) is 5.18. The molecule has 1 atom stereocenters. The number of rotatable bonds is 10. The van der Waals surface area contributed by atoms with E-state index in [1.807, 2.05) is 86.6 Å². The lowest BCUT2D eigenvalue weighted by molar-refractivity contribution is -0.143. The first-order chi connectivity index (χ1) is 16.3. The van der Waals surface area contributed by atoms with E-state index < -0.39 is 6.04 Å². The van der Waals surface area contributed by atoms with Crippen molar-refractivity contribution in [3.63, 3.8) is 0 Å². The fourth-order valence-corrected chi connectivity index (χ4v) is 4.06. The lowest BCUT2D eigenvalue weighted by Crippen LogP contribution is -2.52. The van der Waals surface area contributed by atoms with Crippen LogP contribution in [0.4, 0.5) is 0 Å². The van der Waals surface area contributed by atoms with Crippen LogP contribution in [0.15, 0.2) is 78.9 Å². The number of halogens is 2. The minimum absolute atomic E-state index is 0.0638. The molecule has 0 aliphatic carbocycles. The van der Waals surface area contributed by atoms with E-state index in [1.165, 1.54) is 0 Å². The minimum atomic E-state index is -0.728. The molecule has 2 amide bonds. The predicted molar refractivity (Wildman–Crippen MR) is 144 cm³/mol. The monoisotopic (exact) mass is 590 g/mol. The summed E-state index contributed by atoms with van der Waals surface area (Å²) in [7, 11) is 0. The summed E-state index contributed by atoms with van der Waals surface area (Å²) in [5.41, 5.74) is 1.73. The SMILES string of the molecule is CC(C)NC(=O)[C@@H](Cc1ccccc1)N(Cc1ccccc1Cl)C(=O)COc1ccc(I)cc1. The second-order valence-electron chi connectivity index (χ2n) is 8.22. The van der Waals surface area contributed by atoms with Gasteiger partial charge in [0.05, 0.1) is 0 Å². The van der Waals surface area contributed by atoms with E-state index in [0.29, 0.717) is 17.2 Å². The number of nitrogens with zero attached hydrogens (tertiary/aromatic N) is 1. The molecule has 0 fully saturated rings. The number of hydrogen-bond acceptors (Lipinski definition) is 3. The van der Waals surface area contributed by atoms with E-state index in [-0.39, 0.29) is 31.0 Å². The fraction of sp³-hybridized carbons (Fsp3) is 0.259. The molecule has 178 valence electrons. The van der Waals surface area contributed by atoms with Crippen LogP contribution < -0.4 is 10.1 Å². The highest BCUT2D eigenvalue weighted by molar-refractivity contribution is 14.1. The lowest BCUT2D eigenvalue weighted by atomic mass is 10.0. The van der Waals surface area contributed by atoms with Gasteiger partial charge in [0.25, 0.3) is 5.91 Å². The van der Waals surface area contributed by atoms with Crippen LogP contribution in [-0.4, -0.2) is 35.4 Å². The number of amides is 2. The maximum atomic E-state index is 13.5. The summed E-state index contributed by atoms with van der Waals surface area (Å²) in [5, 5.41) is 3.51. The minimum Gasteiger partial charge on any atom is -0.484 e. The summed E-state index contributed by atoms with van der Waals surface area (Å²) < 4.78 is 6.85. The van der Waals surface area contributed by atoms with Gasteiger partial charge in [-0.2, -0.15) is 0 Å². The Balaban J connectivity index is 1.91. The maximum Gasteiger partial charge on any atom is 0.261 e. The molecule has 0 heterocycles. The molecular formula is C27H28ClIN2O3. The van der Waals surface area contributed by atoms with Gasteiger partial charge < -0.3 is 15.0 Å². The van der Waals surface area contributed by atoms with Crippen LogP contribution in [0.25, 0.3) is 0 Å². The maximum absolute atomic E-state index is 13.5. The van der Waals surface area contributed by atoms with Crippen molar-refractivity contribution in [2.75, 3.05) is 6.61 Å². The Hall–Kier alpha value is -2.58. The van der Waals surface area contributed by atoms with Crippen LogP contribution in [0.5, 0.6) is 5.75 Å². The number of hydrogen-bond donors (Lipinski definition) is 1. The van der Waals surface area contributed by atoms with Crippen molar-refractivity contribution < 1.29 is 14.3 Å². The van der Waals surface area contributed by atoms with Gasteiger partial charge in [0.1, 0.15) is 11.8 Å². The summed E-state index contributed by atoms with van der Waals surface area (Å²) >= 11 is 8.63. The Morgan fingerprint density at radius 2 is 1.62 bits per heavy atom. The largest absolute Gasteiger partial charge is 0.484 e. The Morgan fingerprint density at radius 1 is 0.971 bits per heavy atom. The van der Waals surface area contributed by atoms with E-state index in [2.05, 4.69) is 27.9 Å². The van der Waals surface area contributed by atoms with Gasteiger partial charge in [-0.1, -0.05) is 60.1 Å². The zero-order chi connectivity index (χ0) is 24.5. The lowest BCUT2D eigenvalue weighted by Gasteiger charge is -2.32. The highest BCUT2D eigenvalue weighted by Gasteiger charge is 2.31. The number of carbonyl (C=O) groups excluding carboxylic acids is 2. The summed E-state index contributed by atoms with van der Waals surface area (Å²) in [6.45, 7) is 3.80. The second-order valence-corrected chi connectivity index (χ2v) is 9.88. The van der Waals surface area contributed by atoms with Crippen molar-refractivity contribution in [2.45, 2.75) is 38.9 Å². The second kappa shape index (κ2) is 12.8. The van der Waals surface area contributed by atoms with E-state index in [0.717, 1.165) is 14.7 Å². The third-order valence-corrected chi connectivity index (χ3v) is 6.26. The molecule has 0 aliphatic rings. The number of ether oxygens (including phenoxy) is 1. The molecule has 0 unspecified atom stereocenters. The van der Waals surface area contributed by atoms with Crippen LogP contribution in [0, 0.1) is 3.57 Å². The summed E-state index contributed by atoms with van der Waals surface area (Å²) in [4.78, 5) is 28.4. The first-order valence-electron chi connectivity index (χ1n) is 11.1. The Kier molecular flexibility index (Phi) is 9.77. The first-order valence-corrected chi connectivity index (χ1v) is 12.5. The summed E-state index contributed by atoms with van der Waals surface area (Å²) in [6, 6.07) is 23.7. The van der Waals surface area contributed by atoms with Gasteiger partial charge in [0.15, 0.2) is 6.61 Å². The quantitative estimate of drug-likeness (QED) is 0.318. The van der Waals surface area contributed by atoms with Crippen molar-refractivity contribution in [1.82, 2.24) is 10.2 Å². The highest BCUT2D eigenvalue weighted by atomic mass is 127. The molecule has 0 saturated carbocycles. The molecule has 3 rings (SSSR count). The zero-order valence-corrected chi connectivity index (χ0v) is 22.1. The van der Waals surface area contributed by atoms with Gasteiger partial charge in [0, 0.05) is 27.6 Å². The molecular weight excluding hydrogens is 563 g/mol. The highest BCUT2D eigenvalue weighted by Crippen LogP contribution is 2.21. The Labute approximate surface area is 219 Å². The predicted octanol–water partition coefficient (Wildman–Crippen LogP) is 5.49. The molecule has 0 aliphatic heterocycles. The number of benzene rings is 3. The van der Waals surface area contributed by atoms with Crippen molar-refractivity contribution in [1.29, 1.82) is 0 Å². The molecule has 0 spiro atoms. The van der Waals surface area contributed by atoms with E-state index in [9.17, 15) is 9.59 Å². The first kappa shape index (κ1) is 26.0. The Bertz CT molecular complexity index is 1090. The van der Waals surface area contributed by atoms with Gasteiger partial charge in [0.2, 0.25) is 5.91 Å². The number of carbonyl (C=O) groups is 2. The van der Waals surface area contributed by atoms with Crippen molar-refractivity contribution >= 4 is 46.0 Å². The summed E-state index contributed by atoms with van der Waals surface area (Å²) in [6.07, 6.45) is 0.374. The molecule has 3 aromatic rings. The molecule has 7 heteroatoms. The topological polar surface area (TPSA) is 58.6 Å². The third kappa shape index (κ3) is 7.74. The molecule has 5 nitrogen and oxygen atoms in total. The van der Waals surface area contributed by atoms with Gasteiger partial charge in [-0.25, -0.2) is 0 Å². The molecule has 0 radical (unpaired) electrons. The molecule has 1 N–H and O–H groups in total. The van der Waals surface area contributed by atoms with E-state index in [4.69, 9.17) is 16.3 Å². The van der Waals surface area contributed by atoms with E-state index >= 15 is 0 Å². The Morgan fingerprint density at radius 3 is 2.26 bits per heavy atom. The van der Waals surface area contributed by atoms with Crippen LogP contribution in [0.1, 0.15) is 25.0 Å². The van der Waals surface area contributed by atoms with Crippen molar-refractivity contribution in [3.8, 4) is 5.75 Å². The molecule has 0 aromatic heterocycles. The summed E-state index contributed by atoms with van der Waals surface area (Å²) in [5.74, 6) is 0.0875. The van der Waals surface area contributed by atoms with Gasteiger partial charge in [-0.3, -0.25) is 9.59 Å². The molecule has 0 bridgehead atoms. The fourth-order valence-electron chi connectivity index (χ4n) is 3.50. The van der Waals surface area contributed by atoms with Crippen LogP contribution in [0.3, 0.4) is 0 Å². The van der Waals surface area contributed by atoms with Crippen LogP contribution in [-0.2, 0) is 22.6 Å². The average molecular weight is 591 g/mol. The van der Waals surface area contributed by atoms with Gasteiger partial charge >= 0.3 is 0 Å². The smallest absolute Gasteiger partial charge is 0.261 e. The standard InChI is InChI=1S/C27H28ClIN2O3/c1-19(2)30-27(33)25(16-20-8-4-3-5-9-20)31(17-21-10-6-7-11-24(21)28)26(32)18-34-23-14-12-22(29)13-15-23/h3-15,19,25H,16-18H2,1-2H3,(H,30,33)/t25-/m1/s1. The zero-order valence-electron chi connectivity index (χ0n) is 19.2. The molecule has 3 aromatic carbocycles. The van der Waals surface area contributed by atoms with Gasteiger partial charge in [-0.15, -0.1) is 0 Å². The van der Waals surface area contributed by atoms with E-state index in [1.54, 1.807) is 11.0 Å². The van der Waals surface area contributed by atoms with Crippen LogP contribution in [0.2, 0.25) is 5.02 Å². The van der Waals surface area contributed by atoms with Crippen molar-refractivity contribution in [2.24, 2.45) is 0 Å². The molecule has 0 saturated heterocycles. The average Bonchev–Trinajstić information content (AvgIpc) is 2.82. The number of nitrogens with one attached hydrogen (secondary N) is 1. The molecule has 34 heavy (non-hydrogen) atoms. The van der Waals surface area contributed by atoms with Crippen LogP contribution >= 0.6 is 34.2 Å². The van der Waals surface area contributed by atoms with Crippen molar-refractivity contribution in [3.05, 3.63) is 98.6 Å².